The van der Waals surface area contributed by atoms with Gasteiger partial charge in [0.1, 0.15) is 5.75 Å². The number of carbonyl (C=O) groups is 1. The molecule has 2 rings (SSSR count). The van der Waals surface area contributed by atoms with Crippen LogP contribution in [0.1, 0.15) is 114 Å². The van der Waals surface area contributed by atoms with Crippen molar-refractivity contribution in [2.24, 2.45) is 0 Å². The van der Waals surface area contributed by atoms with Crippen LogP contribution in [-0.2, 0) is 0 Å². The van der Waals surface area contributed by atoms with Gasteiger partial charge in [-0.2, -0.15) is 0 Å². The third kappa shape index (κ3) is 13.6. The predicted molar refractivity (Wildman–Crippen MR) is 154 cm³/mol. The Balaban J connectivity index is 1.66. The normalized spacial score (nSPS) is 11.8. The van der Waals surface area contributed by atoms with Crippen LogP contribution in [-0.4, -0.2) is 17.1 Å². The predicted octanol–water partition coefficient (Wildman–Crippen LogP) is 10.2. The van der Waals surface area contributed by atoms with Crippen LogP contribution in [0.3, 0.4) is 0 Å². The van der Waals surface area contributed by atoms with Gasteiger partial charge in [-0.25, -0.2) is 0 Å². The summed E-state index contributed by atoms with van der Waals surface area (Å²) in [6.07, 6.45) is 18.1. The van der Waals surface area contributed by atoms with Crippen molar-refractivity contribution in [2.45, 2.75) is 108 Å². The molecule has 0 atom stereocenters. The van der Waals surface area contributed by atoms with Crippen LogP contribution >= 0.6 is 11.8 Å². The number of ether oxygens (including phenoxy) is 1. The molecule has 2 aromatic rings. The Labute approximate surface area is 218 Å². The monoisotopic (exact) mass is 494 g/mol. The van der Waals surface area contributed by atoms with Crippen LogP contribution in [0.25, 0.3) is 6.08 Å². The van der Waals surface area contributed by atoms with E-state index in [1.165, 1.54) is 69.1 Å². The van der Waals surface area contributed by atoms with E-state index in [-0.39, 0.29) is 10.5 Å². The first-order valence-corrected chi connectivity index (χ1v) is 14.4. The number of carbonyl (C=O) groups excluding carboxylic acids is 1. The topological polar surface area (TPSA) is 26.3 Å². The summed E-state index contributed by atoms with van der Waals surface area (Å²) < 4.78 is 6.10. The molecule has 2 aromatic carbocycles. The molecule has 0 amide bonds. The maximum atomic E-state index is 12.7. The minimum absolute atomic E-state index is 0.00159. The summed E-state index contributed by atoms with van der Waals surface area (Å²) in [5.74, 6) is 0.776. The van der Waals surface area contributed by atoms with E-state index in [0.717, 1.165) is 17.7 Å². The van der Waals surface area contributed by atoms with Gasteiger partial charge in [-0.05, 0) is 42.3 Å². The summed E-state index contributed by atoms with van der Waals surface area (Å²) in [6, 6.07) is 15.9. The summed E-state index contributed by atoms with van der Waals surface area (Å²) in [7, 11) is 0. The van der Waals surface area contributed by atoms with Crippen molar-refractivity contribution >= 4 is 23.6 Å². The fourth-order valence-electron chi connectivity index (χ4n) is 3.96. The number of hydrogen-bond acceptors (Lipinski definition) is 3. The van der Waals surface area contributed by atoms with Gasteiger partial charge in [0.15, 0.2) is 5.78 Å². The van der Waals surface area contributed by atoms with Crippen molar-refractivity contribution in [3.63, 3.8) is 0 Å². The number of ketones is 1. The summed E-state index contributed by atoms with van der Waals surface area (Å²) in [4.78, 5) is 13.9. The molecule has 3 heteroatoms. The summed E-state index contributed by atoms with van der Waals surface area (Å²) in [6.45, 7) is 9.61. The second-order valence-electron chi connectivity index (χ2n) is 10.4. The Morgan fingerprint density at radius 3 is 2.03 bits per heavy atom. The van der Waals surface area contributed by atoms with E-state index in [4.69, 9.17) is 4.74 Å². The van der Waals surface area contributed by atoms with E-state index < -0.39 is 0 Å². The van der Waals surface area contributed by atoms with Crippen molar-refractivity contribution in [2.75, 3.05) is 6.61 Å². The molecule has 0 saturated carbocycles. The highest BCUT2D eigenvalue weighted by Crippen LogP contribution is 2.31. The van der Waals surface area contributed by atoms with Crippen molar-refractivity contribution in [1.82, 2.24) is 0 Å². The number of benzene rings is 2. The van der Waals surface area contributed by atoms with E-state index in [1.54, 1.807) is 6.08 Å². The number of rotatable bonds is 17. The first-order valence-electron chi connectivity index (χ1n) is 13.6. The number of allylic oxidation sites excluding steroid dienone is 1. The summed E-state index contributed by atoms with van der Waals surface area (Å²) in [5, 5.41) is 0. The highest BCUT2D eigenvalue weighted by Gasteiger charge is 2.11. The minimum atomic E-state index is -0.00159. The van der Waals surface area contributed by atoms with E-state index >= 15 is 0 Å². The van der Waals surface area contributed by atoms with Crippen LogP contribution < -0.4 is 4.74 Å². The molecule has 35 heavy (non-hydrogen) atoms. The number of thioether (sulfide) groups is 1. The molecule has 0 aliphatic heterocycles. The standard InChI is InChI=1S/C32H46O2S/c1-5-6-7-8-9-10-11-12-13-14-15-25-34-29-18-16-17-28(26-29)31(33)24-21-27-19-22-30(23-20-27)35-32(2,3)4/h16-24,26H,5-15,25H2,1-4H3. The molecule has 0 bridgehead atoms. The van der Waals surface area contributed by atoms with Crippen LogP contribution in [0.2, 0.25) is 0 Å². The first kappa shape index (κ1) is 29.2. The lowest BCUT2D eigenvalue weighted by Crippen LogP contribution is -2.06. The molecule has 0 radical (unpaired) electrons. The zero-order chi connectivity index (χ0) is 25.4. The lowest BCUT2D eigenvalue weighted by atomic mass is 10.1. The minimum Gasteiger partial charge on any atom is -0.494 e. The quantitative estimate of drug-likeness (QED) is 0.0946. The Morgan fingerprint density at radius 1 is 0.829 bits per heavy atom. The van der Waals surface area contributed by atoms with Crippen LogP contribution in [0.15, 0.2) is 59.5 Å². The highest BCUT2D eigenvalue weighted by molar-refractivity contribution is 8.00. The van der Waals surface area contributed by atoms with Crippen molar-refractivity contribution in [3.8, 4) is 5.75 Å². The lowest BCUT2D eigenvalue weighted by molar-refractivity contribution is 0.104. The molecule has 0 aliphatic rings. The second-order valence-corrected chi connectivity index (χ2v) is 12.3. The van der Waals surface area contributed by atoms with Gasteiger partial charge in [0.2, 0.25) is 0 Å². The average Bonchev–Trinajstić information content (AvgIpc) is 2.83. The van der Waals surface area contributed by atoms with Crippen LogP contribution in [0, 0.1) is 0 Å². The Morgan fingerprint density at radius 2 is 1.43 bits per heavy atom. The SMILES string of the molecule is CCCCCCCCCCCCCOc1cccc(C(=O)C=Cc2ccc(SC(C)(C)C)cc2)c1. The molecule has 0 aliphatic carbocycles. The Kier molecular flexibility index (Phi) is 13.9. The highest BCUT2D eigenvalue weighted by atomic mass is 32.2. The van der Waals surface area contributed by atoms with E-state index in [1.807, 2.05) is 42.1 Å². The van der Waals surface area contributed by atoms with Gasteiger partial charge >= 0.3 is 0 Å². The van der Waals surface area contributed by atoms with Gasteiger partial charge in [0.05, 0.1) is 6.61 Å². The molecule has 0 spiro atoms. The fourth-order valence-corrected chi connectivity index (χ4v) is 4.94. The van der Waals surface area contributed by atoms with E-state index in [2.05, 4.69) is 52.0 Å². The van der Waals surface area contributed by atoms with Crippen molar-refractivity contribution < 1.29 is 9.53 Å². The third-order valence-electron chi connectivity index (χ3n) is 5.87. The smallest absolute Gasteiger partial charge is 0.185 e. The lowest BCUT2D eigenvalue weighted by Gasteiger charge is -2.17. The molecule has 0 heterocycles. The van der Waals surface area contributed by atoms with Gasteiger partial charge in [-0.3, -0.25) is 4.79 Å². The van der Waals surface area contributed by atoms with E-state index in [9.17, 15) is 4.79 Å². The van der Waals surface area contributed by atoms with Crippen LogP contribution in [0.4, 0.5) is 0 Å². The van der Waals surface area contributed by atoms with Crippen molar-refractivity contribution in [3.05, 3.63) is 65.7 Å². The molecule has 2 nitrogen and oxygen atoms in total. The number of hydrogen-bond donors (Lipinski definition) is 0. The average molecular weight is 495 g/mol. The molecular formula is C32H46O2S. The van der Waals surface area contributed by atoms with E-state index in [0.29, 0.717) is 12.2 Å². The second kappa shape index (κ2) is 16.6. The molecule has 0 aromatic heterocycles. The summed E-state index contributed by atoms with van der Waals surface area (Å²) in [5.41, 5.74) is 1.69. The molecule has 0 unspecified atom stereocenters. The number of unbranched alkanes of at least 4 members (excludes halogenated alkanes) is 10. The molecule has 192 valence electrons. The maximum Gasteiger partial charge on any atom is 0.185 e. The maximum absolute atomic E-state index is 12.7. The van der Waals surface area contributed by atoms with Crippen LogP contribution in [0.5, 0.6) is 5.75 Å². The van der Waals surface area contributed by atoms with Crippen molar-refractivity contribution in [1.29, 1.82) is 0 Å². The third-order valence-corrected chi connectivity index (χ3v) is 6.99. The zero-order valence-electron chi connectivity index (χ0n) is 22.5. The molecule has 0 fully saturated rings. The summed E-state index contributed by atoms with van der Waals surface area (Å²) >= 11 is 1.84. The molecular weight excluding hydrogens is 448 g/mol. The fraction of sp³-hybridized carbons (Fsp3) is 0.531. The first-order chi connectivity index (χ1) is 16.9. The Hall–Kier alpha value is -2.00. The van der Waals surface area contributed by atoms with Gasteiger partial charge in [-0.1, -0.05) is 122 Å². The van der Waals surface area contributed by atoms with Gasteiger partial charge in [0.25, 0.3) is 0 Å². The van der Waals surface area contributed by atoms with Gasteiger partial charge in [-0.15, -0.1) is 11.8 Å². The largest absolute Gasteiger partial charge is 0.494 e. The van der Waals surface area contributed by atoms with Gasteiger partial charge < -0.3 is 4.74 Å². The Bertz CT molecular complexity index is 877. The molecule has 0 N–H and O–H groups in total. The zero-order valence-corrected chi connectivity index (χ0v) is 23.3. The molecule has 0 saturated heterocycles. The van der Waals surface area contributed by atoms with Gasteiger partial charge in [0, 0.05) is 15.2 Å².